The van der Waals surface area contributed by atoms with Crippen molar-refractivity contribution in [2.75, 3.05) is 31.5 Å². The number of ketones is 1. The number of hydrogen-bond donors (Lipinski definition) is 2. The molecule has 0 radical (unpaired) electrons. The van der Waals surface area contributed by atoms with Crippen LogP contribution >= 0.6 is 12.4 Å². The number of halogens is 1. The Morgan fingerprint density at radius 1 is 1.38 bits per heavy atom. The van der Waals surface area contributed by atoms with Crippen molar-refractivity contribution in [2.45, 2.75) is 19.9 Å². The number of rotatable bonds is 4. The molecule has 1 saturated heterocycles. The van der Waals surface area contributed by atoms with E-state index in [4.69, 9.17) is 0 Å². The molecule has 0 saturated carbocycles. The van der Waals surface area contributed by atoms with Gasteiger partial charge in [0.05, 0.1) is 12.2 Å². The van der Waals surface area contributed by atoms with E-state index in [1.165, 1.54) is 6.92 Å². The topological polar surface area (TPSA) is 61.4 Å². The van der Waals surface area contributed by atoms with Crippen LogP contribution in [-0.2, 0) is 4.79 Å². The highest BCUT2D eigenvalue weighted by Crippen LogP contribution is 2.15. The molecule has 1 atom stereocenters. The van der Waals surface area contributed by atoms with Crippen LogP contribution in [0.3, 0.4) is 0 Å². The van der Waals surface area contributed by atoms with Crippen LogP contribution < -0.4 is 10.6 Å². The molecule has 0 aliphatic carbocycles. The second-order valence-corrected chi connectivity index (χ2v) is 5.17. The van der Waals surface area contributed by atoms with Crippen molar-refractivity contribution in [3.05, 3.63) is 29.8 Å². The molecule has 1 aromatic carbocycles. The molecule has 1 fully saturated rings. The number of benzene rings is 1. The standard InChI is InChI=1S/C15H21N3O2.ClH/c1-11-9-16-7-8-18(11)10-15(20)17-14-6-4-3-5-13(14)12(2)19;/h3-6,11,16H,7-10H2,1-2H3,(H,17,20);1H/t11-;/m1./s1. The molecule has 1 amide bonds. The van der Waals surface area contributed by atoms with Gasteiger partial charge in [-0.25, -0.2) is 0 Å². The van der Waals surface area contributed by atoms with Crippen LogP contribution in [0.25, 0.3) is 0 Å². The van der Waals surface area contributed by atoms with Crippen LogP contribution in [0.1, 0.15) is 24.2 Å². The molecule has 6 heteroatoms. The summed E-state index contributed by atoms with van der Waals surface area (Å²) in [6.45, 7) is 6.63. The summed E-state index contributed by atoms with van der Waals surface area (Å²) in [7, 11) is 0. The number of para-hydroxylation sites is 1. The van der Waals surface area contributed by atoms with Crippen LogP contribution in [0, 0.1) is 0 Å². The lowest BCUT2D eigenvalue weighted by molar-refractivity contribution is -0.118. The average Bonchev–Trinajstić information content (AvgIpc) is 2.41. The Hall–Kier alpha value is -1.43. The predicted octanol–water partition coefficient (Wildman–Crippen LogP) is 1.54. The van der Waals surface area contributed by atoms with Crippen molar-refractivity contribution in [1.82, 2.24) is 10.2 Å². The molecule has 0 aromatic heterocycles. The highest BCUT2D eigenvalue weighted by Gasteiger charge is 2.20. The van der Waals surface area contributed by atoms with Crippen molar-refractivity contribution in [1.29, 1.82) is 0 Å². The summed E-state index contributed by atoms with van der Waals surface area (Å²) in [5.41, 5.74) is 1.14. The van der Waals surface area contributed by atoms with Crippen LogP contribution in [-0.4, -0.2) is 48.8 Å². The van der Waals surface area contributed by atoms with Gasteiger partial charge < -0.3 is 10.6 Å². The van der Waals surface area contributed by atoms with E-state index in [2.05, 4.69) is 22.5 Å². The van der Waals surface area contributed by atoms with Crippen LogP contribution in [0.15, 0.2) is 24.3 Å². The van der Waals surface area contributed by atoms with E-state index >= 15 is 0 Å². The van der Waals surface area contributed by atoms with Crippen LogP contribution in [0.4, 0.5) is 5.69 Å². The van der Waals surface area contributed by atoms with Gasteiger partial charge in [-0.15, -0.1) is 12.4 Å². The Kier molecular flexibility index (Phi) is 6.81. The fraction of sp³-hybridized carbons (Fsp3) is 0.467. The van der Waals surface area contributed by atoms with Gasteiger partial charge in [-0.2, -0.15) is 0 Å². The lowest BCUT2D eigenvalue weighted by Crippen LogP contribution is -2.52. The monoisotopic (exact) mass is 311 g/mol. The molecular formula is C15H22ClN3O2. The normalized spacial score (nSPS) is 18.7. The largest absolute Gasteiger partial charge is 0.324 e. The van der Waals surface area contributed by atoms with E-state index in [1.807, 2.05) is 6.07 Å². The predicted molar refractivity (Wildman–Crippen MR) is 86.2 cm³/mol. The third kappa shape index (κ3) is 4.81. The van der Waals surface area contributed by atoms with Gasteiger partial charge in [0, 0.05) is 31.2 Å². The number of piperazine rings is 1. The molecule has 21 heavy (non-hydrogen) atoms. The minimum absolute atomic E-state index is 0. The zero-order valence-electron chi connectivity index (χ0n) is 12.4. The van der Waals surface area contributed by atoms with Crippen LogP contribution in [0.2, 0.25) is 0 Å². The third-order valence-corrected chi connectivity index (χ3v) is 3.57. The Morgan fingerprint density at radius 2 is 2.10 bits per heavy atom. The summed E-state index contributed by atoms with van der Waals surface area (Å²) in [6.07, 6.45) is 0. The number of nitrogens with zero attached hydrogens (tertiary/aromatic N) is 1. The number of amides is 1. The Morgan fingerprint density at radius 3 is 2.76 bits per heavy atom. The summed E-state index contributed by atoms with van der Waals surface area (Å²) in [5.74, 6) is -0.121. The molecule has 1 aliphatic heterocycles. The van der Waals surface area contributed by atoms with Gasteiger partial charge in [0.25, 0.3) is 0 Å². The maximum absolute atomic E-state index is 12.1. The summed E-state index contributed by atoms with van der Waals surface area (Å²) >= 11 is 0. The van der Waals surface area contributed by atoms with Gasteiger partial charge in [0.1, 0.15) is 0 Å². The Labute approximate surface area is 131 Å². The third-order valence-electron chi connectivity index (χ3n) is 3.57. The maximum Gasteiger partial charge on any atom is 0.238 e. The smallest absolute Gasteiger partial charge is 0.238 e. The summed E-state index contributed by atoms with van der Waals surface area (Å²) in [4.78, 5) is 25.8. The van der Waals surface area contributed by atoms with Crippen LogP contribution in [0.5, 0.6) is 0 Å². The average molecular weight is 312 g/mol. The lowest BCUT2D eigenvalue weighted by atomic mass is 10.1. The van der Waals surface area contributed by atoms with E-state index in [1.54, 1.807) is 18.2 Å². The first-order valence-electron chi connectivity index (χ1n) is 6.92. The van der Waals surface area contributed by atoms with Gasteiger partial charge >= 0.3 is 0 Å². The van der Waals surface area contributed by atoms with Gasteiger partial charge in [-0.3, -0.25) is 14.5 Å². The zero-order valence-corrected chi connectivity index (χ0v) is 13.2. The summed E-state index contributed by atoms with van der Waals surface area (Å²) < 4.78 is 0. The molecule has 0 unspecified atom stereocenters. The Balaban J connectivity index is 0.00000220. The van der Waals surface area contributed by atoms with E-state index in [-0.39, 0.29) is 24.1 Å². The molecule has 1 aromatic rings. The second kappa shape index (κ2) is 8.12. The number of carbonyl (C=O) groups excluding carboxylic acids is 2. The van der Waals surface area contributed by atoms with Gasteiger partial charge in [-0.05, 0) is 26.0 Å². The van der Waals surface area contributed by atoms with Crippen molar-refractivity contribution in [3.63, 3.8) is 0 Å². The molecule has 5 nitrogen and oxygen atoms in total. The first kappa shape index (κ1) is 17.6. The molecule has 116 valence electrons. The molecule has 1 aliphatic rings. The quantitative estimate of drug-likeness (QED) is 0.828. The fourth-order valence-corrected chi connectivity index (χ4v) is 2.39. The highest BCUT2D eigenvalue weighted by molar-refractivity contribution is 6.04. The molecule has 0 bridgehead atoms. The van der Waals surface area contributed by atoms with Gasteiger partial charge in [0.15, 0.2) is 5.78 Å². The SMILES string of the molecule is CC(=O)c1ccccc1NC(=O)CN1CCNC[C@H]1C.Cl. The second-order valence-electron chi connectivity index (χ2n) is 5.17. The van der Waals surface area contributed by atoms with Gasteiger partial charge in [0.2, 0.25) is 5.91 Å². The minimum atomic E-state index is -0.0764. The van der Waals surface area contributed by atoms with E-state index in [0.29, 0.717) is 23.8 Å². The van der Waals surface area contributed by atoms with Crippen molar-refractivity contribution >= 4 is 29.8 Å². The summed E-state index contributed by atoms with van der Waals surface area (Å²) in [5, 5.41) is 6.13. The van der Waals surface area contributed by atoms with Gasteiger partial charge in [-0.1, -0.05) is 12.1 Å². The number of hydrogen-bond acceptors (Lipinski definition) is 4. The number of Topliss-reactive ketones (excluding diaryl/α,β-unsaturated/α-hetero) is 1. The molecular weight excluding hydrogens is 290 g/mol. The Bertz CT molecular complexity index is 507. The van der Waals surface area contributed by atoms with E-state index in [9.17, 15) is 9.59 Å². The first-order chi connectivity index (χ1) is 9.58. The zero-order chi connectivity index (χ0) is 14.5. The minimum Gasteiger partial charge on any atom is -0.324 e. The summed E-state index contributed by atoms with van der Waals surface area (Å²) in [6, 6.07) is 7.44. The molecule has 1 heterocycles. The molecule has 2 rings (SSSR count). The van der Waals surface area contributed by atoms with Crippen molar-refractivity contribution < 1.29 is 9.59 Å². The number of anilines is 1. The lowest BCUT2D eigenvalue weighted by Gasteiger charge is -2.33. The number of nitrogens with one attached hydrogen (secondary N) is 2. The van der Waals surface area contributed by atoms with Crippen molar-refractivity contribution in [3.8, 4) is 0 Å². The van der Waals surface area contributed by atoms with Crippen molar-refractivity contribution in [2.24, 2.45) is 0 Å². The highest BCUT2D eigenvalue weighted by atomic mass is 35.5. The van der Waals surface area contributed by atoms with E-state index < -0.39 is 0 Å². The van der Waals surface area contributed by atoms with E-state index in [0.717, 1.165) is 19.6 Å². The number of carbonyl (C=O) groups is 2. The molecule has 2 N–H and O–H groups in total. The fourth-order valence-electron chi connectivity index (χ4n) is 2.39. The molecule has 0 spiro atoms. The maximum atomic E-state index is 12.1. The first-order valence-corrected chi connectivity index (χ1v) is 6.92.